The van der Waals surface area contributed by atoms with Crippen LogP contribution in [0.3, 0.4) is 0 Å². The van der Waals surface area contributed by atoms with Crippen molar-refractivity contribution >= 4 is 28.4 Å². The van der Waals surface area contributed by atoms with E-state index >= 15 is 0 Å². The Labute approximate surface area is 193 Å². The van der Waals surface area contributed by atoms with Crippen molar-refractivity contribution in [2.45, 2.75) is 44.2 Å². The highest BCUT2D eigenvalue weighted by atomic mass is 16.1. The van der Waals surface area contributed by atoms with E-state index < -0.39 is 0 Å². The predicted molar refractivity (Wildman–Crippen MR) is 130 cm³/mol. The molecule has 1 saturated carbocycles. The molecule has 8 heteroatoms. The van der Waals surface area contributed by atoms with E-state index in [1.54, 1.807) is 16.8 Å². The lowest BCUT2D eigenvalue weighted by molar-refractivity contribution is 0.315. The predicted octanol–water partition coefficient (Wildman–Crippen LogP) is 3.66. The lowest BCUT2D eigenvalue weighted by atomic mass is 10.2. The van der Waals surface area contributed by atoms with Crippen LogP contribution in [0.15, 0.2) is 41.3 Å². The molecule has 2 fully saturated rings. The Morgan fingerprint density at radius 1 is 1.15 bits per heavy atom. The van der Waals surface area contributed by atoms with Crippen molar-refractivity contribution in [2.24, 2.45) is 0 Å². The van der Waals surface area contributed by atoms with Gasteiger partial charge in [0, 0.05) is 48.1 Å². The molecule has 1 atom stereocenters. The Morgan fingerprint density at radius 2 is 1.91 bits per heavy atom. The van der Waals surface area contributed by atoms with Crippen molar-refractivity contribution in [2.75, 3.05) is 37.4 Å². The molecule has 0 unspecified atom stereocenters. The summed E-state index contributed by atoms with van der Waals surface area (Å²) in [6, 6.07) is 12.6. The summed E-state index contributed by atoms with van der Waals surface area (Å²) in [7, 11) is 4.27. The standard InChI is InChI=1S/C25H29N7O/c1-30(2)22-11-12-31(16-22)20-9-7-19(8-10-20)28-25-27-15-18-13-17(14-26)24(33)32(23(18)29-25)21-5-3-4-6-21/h7-10,13,15,21-22H,3-6,11-12,16H2,1-2H3,(H,27,28,29)/t22-/m0/s1. The first-order valence-electron chi connectivity index (χ1n) is 11.6. The molecule has 1 aliphatic carbocycles. The fourth-order valence-corrected chi connectivity index (χ4v) is 5.04. The summed E-state index contributed by atoms with van der Waals surface area (Å²) in [5, 5.41) is 13.4. The molecule has 1 aliphatic heterocycles. The van der Waals surface area contributed by atoms with E-state index in [9.17, 15) is 10.1 Å². The van der Waals surface area contributed by atoms with Crippen molar-refractivity contribution in [3.8, 4) is 6.07 Å². The molecule has 1 N–H and O–H groups in total. The second kappa shape index (κ2) is 8.83. The van der Waals surface area contributed by atoms with Gasteiger partial charge in [-0.25, -0.2) is 4.98 Å². The molecule has 5 rings (SSSR count). The summed E-state index contributed by atoms with van der Waals surface area (Å²) in [4.78, 5) is 26.8. The van der Waals surface area contributed by atoms with E-state index in [4.69, 9.17) is 4.98 Å². The number of aromatic nitrogens is 3. The minimum atomic E-state index is -0.257. The number of fused-ring (bicyclic) bond motifs is 1. The fourth-order valence-electron chi connectivity index (χ4n) is 5.04. The molecule has 2 aromatic heterocycles. The summed E-state index contributed by atoms with van der Waals surface area (Å²) in [6.07, 6.45) is 6.91. The van der Waals surface area contributed by atoms with Crippen molar-refractivity contribution in [3.05, 3.63) is 52.4 Å². The lowest BCUT2D eigenvalue weighted by Crippen LogP contribution is -2.31. The molecule has 33 heavy (non-hydrogen) atoms. The first-order valence-corrected chi connectivity index (χ1v) is 11.6. The van der Waals surface area contributed by atoms with Gasteiger partial charge in [-0.15, -0.1) is 0 Å². The number of nitriles is 1. The van der Waals surface area contributed by atoms with Gasteiger partial charge in [0.25, 0.3) is 5.56 Å². The molecule has 0 radical (unpaired) electrons. The maximum Gasteiger partial charge on any atom is 0.270 e. The van der Waals surface area contributed by atoms with Crippen LogP contribution in [-0.4, -0.2) is 52.7 Å². The molecule has 0 bridgehead atoms. The third kappa shape index (κ3) is 4.16. The zero-order chi connectivity index (χ0) is 22.9. The number of rotatable bonds is 5. The Kier molecular flexibility index (Phi) is 5.73. The minimum Gasteiger partial charge on any atom is -0.370 e. The number of anilines is 3. The first-order chi connectivity index (χ1) is 16.0. The zero-order valence-electron chi connectivity index (χ0n) is 19.2. The number of hydrogen-bond donors (Lipinski definition) is 1. The summed E-state index contributed by atoms with van der Waals surface area (Å²) >= 11 is 0. The van der Waals surface area contributed by atoms with Crippen molar-refractivity contribution in [3.63, 3.8) is 0 Å². The third-order valence-corrected chi connectivity index (χ3v) is 6.97. The van der Waals surface area contributed by atoms with E-state index in [1.165, 1.54) is 12.1 Å². The van der Waals surface area contributed by atoms with E-state index in [0.29, 0.717) is 23.0 Å². The Bertz CT molecular complexity index is 1250. The minimum absolute atomic E-state index is 0.0850. The fraction of sp³-hybridized carbons (Fsp3) is 0.440. The summed E-state index contributed by atoms with van der Waals surface area (Å²) in [6.45, 7) is 2.10. The van der Waals surface area contributed by atoms with Crippen LogP contribution >= 0.6 is 0 Å². The molecule has 0 amide bonds. The van der Waals surface area contributed by atoms with Gasteiger partial charge in [-0.3, -0.25) is 9.36 Å². The van der Waals surface area contributed by atoms with Crippen LogP contribution in [0.4, 0.5) is 17.3 Å². The van der Waals surface area contributed by atoms with Gasteiger partial charge in [-0.05, 0) is 63.7 Å². The number of nitrogens with zero attached hydrogens (tertiary/aromatic N) is 6. The van der Waals surface area contributed by atoms with E-state index in [0.717, 1.165) is 44.5 Å². The molecule has 0 spiro atoms. The normalized spacial score (nSPS) is 18.8. The van der Waals surface area contributed by atoms with Crippen molar-refractivity contribution in [1.82, 2.24) is 19.4 Å². The van der Waals surface area contributed by atoms with Crippen LogP contribution in [0.25, 0.3) is 11.0 Å². The Morgan fingerprint density at radius 3 is 2.58 bits per heavy atom. The van der Waals surface area contributed by atoms with Crippen LogP contribution in [-0.2, 0) is 0 Å². The van der Waals surface area contributed by atoms with Crippen LogP contribution in [0.2, 0.25) is 0 Å². The summed E-state index contributed by atoms with van der Waals surface area (Å²) < 4.78 is 1.71. The quantitative estimate of drug-likeness (QED) is 0.643. The number of nitrogens with one attached hydrogen (secondary N) is 1. The van der Waals surface area contributed by atoms with E-state index in [-0.39, 0.29) is 17.2 Å². The van der Waals surface area contributed by atoms with Crippen LogP contribution < -0.4 is 15.8 Å². The molecule has 8 nitrogen and oxygen atoms in total. The van der Waals surface area contributed by atoms with E-state index in [1.807, 2.05) is 18.2 Å². The lowest BCUT2D eigenvalue weighted by Gasteiger charge is -2.22. The van der Waals surface area contributed by atoms with Gasteiger partial charge in [-0.1, -0.05) is 12.8 Å². The Hall–Kier alpha value is -3.44. The third-order valence-electron chi connectivity index (χ3n) is 6.97. The molecule has 1 aromatic carbocycles. The van der Waals surface area contributed by atoms with Gasteiger partial charge in [0.15, 0.2) is 0 Å². The van der Waals surface area contributed by atoms with Crippen LogP contribution in [0.1, 0.15) is 43.7 Å². The van der Waals surface area contributed by atoms with Gasteiger partial charge in [0.2, 0.25) is 5.95 Å². The first kappa shape index (κ1) is 21.4. The maximum absolute atomic E-state index is 13.0. The largest absolute Gasteiger partial charge is 0.370 e. The average Bonchev–Trinajstić information content (AvgIpc) is 3.52. The number of likely N-dealkylation sites (N-methyl/N-ethyl adjacent to an activating group) is 1. The molecule has 2 aliphatic rings. The molecular weight excluding hydrogens is 414 g/mol. The van der Waals surface area contributed by atoms with E-state index in [2.05, 4.69) is 46.3 Å². The zero-order valence-corrected chi connectivity index (χ0v) is 19.2. The summed E-state index contributed by atoms with van der Waals surface area (Å²) in [5.74, 6) is 0.444. The number of hydrogen-bond acceptors (Lipinski definition) is 7. The topological polar surface area (TPSA) is 90.1 Å². The van der Waals surface area contributed by atoms with Crippen molar-refractivity contribution < 1.29 is 0 Å². The second-order valence-corrected chi connectivity index (χ2v) is 9.28. The second-order valence-electron chi connectivity index (χ2n) is 9.28. The van der Waals surface area contributed by atoms with Gasteiger partial charge in [-0.2, -0.15) is 10.2 Å². The molecular formula is C25H29N7O. The average molecular weight is 444 g/mol. The van der Waals surface area contributed by atoms with Gasteiger partial charge < -0.3 is 15.1 Å². The van der Waals surface area contributed by atoms with Crippen LogP contribution in [0, 0.1) is 11.3 Å². The number of pyridine rings is 1. The maximum atomic E-state index is 13.0. The molecule has 170 valence electrons. The molecule has 1 saturated heterocycles. The molecule has 3 heterocycles. The summed E-state index contributed by atoms with van der Waals surface area (Å²) in [5.41, 5.74) is 2.58. The van der Waals surface area contributed by atoms with Gasteiger partial charge in [0.05, 0.1) is 0 Å². The van der Waals surface area contributed by atoms with Crippen LogP contribution in [0.5, 0.6) is 0 Å². The highest BCUT2D eigenvalue weighted by Gasteiger charge is 2.24. The highest BCUT2D eigenvalue weighted by molar-refractivity contribution is 5.77. The molecule has 3 aromatic rings. The number of benzene rings is 1. The van der Waals surface area contributed by atoms with Crippen molar-refractivity contribution in [1.29, 1.82) is 5.26 Å². The van der Waals surface area contributed by atoms with Gasteiger partial charge >= 0.3 is 0 Å². The smallest absolute Gasteiger partial charge is 0.270 e. The highest BCUT2D eigenvalue weighted by Crippen LogP contribution is 2.31. The monoisotopic (exact) mass is 443 g/mol. The SMILES string of the molecule is CN(C)[C@H]1CCN(c2ccc(Nc3ncc4cc(C#N)c(=O)n(C5CCCC5)c4n3)cc2)C1. The van der Waals surface area contributed by atoms with Gasteiger partial charge in [0.1, 0.15) is 17.3 Å². The Balaban J connectivity index is 1.41.